The molecule has 0 saturated heterocycles. The maximum absolute atomic E-state index is 13.8. The van der Waals surface area contributed by atoms with E-state index in [1.807, 2.05) is 24.3 Å². The molecular formula is C24H19ClFNO2. The molecule has 0 aliphatic heterocycles. The van der Waals surface area contributed by atoms with Crippen LogP contribution in [0.1, 0.15) is 22.6 Å². The molecule has 0 unspecified atom stereocenters. The summed E-state index contributed by atoms with van der Waals surface area (Å²) >= 11 is 5.75. The fourth-order valence-corrected chi connectivity index (χ4v) is 3.81. The van der Waals surface area contributed by atoms with E-state index in [9.17, 15) is 9.18 Å². The first-order valence-electron chi connectivity index (χ1n) is 9.34. The van der Waals surface area contributed by atoms with Crippen LogP contribution in [0.4, 0.5) is 9.18 Å². The maximum atomic E-state index is 13.8. The lowest BCUT2D eigenvalue weighted by atomic mass is 9.98. The Bertz CT molecular complexity index is 1030. The molecule has 3 nitrogen and oxygen atoms in total. The van der Waals surface area contributed by atoms with Gasteiger partial charge in [-0.2, -0.15) is 0 Å². The van der Waals surface area contributed by atoms with E-state index in [4.69, 9.17) is 16.3 Å². The predicted molar refractivity (Wildman–Crippen MR) is 114 cm³/mol. The van der Waals surface area contributed by atoms with Crippen molar-refractivity contribution in [3.05, 3.63) is 100 Å². The smallest absolute Gasteiger partial charge is 0.407 e. The van der Waals surface area contributed by atoms with Crippen LogP contribution in [-0.2, 0) is 4.74 Å². The van der Waals surface area contributed by atoms with Gasteiger partial charge in [-0.1, -0.05) is 84.4 Å². The van der Waals surface area contributed by atoms with Crippen LogP contribution in [0, 0.1) is 5.82 Å². The van der Waals surface area contributed by atoms with Crippen LogP contribution in [0.3, 0.4) is 0 Å². The zero-order valence-corrected chi connectivity index (χ0v) is 16.3. The van der Waals surface area contributed by atoms with Crippen molar-refractivity contribution >= 4 is 23.8 Å². The molecule has 3 aromatic carbocycles. The summed E-state index contributed by atoms with van der Waals surface area (Å²) in [7, 11) is 0. The first-order chi connectivity index (χ1) is 14.1. The lowest BCUT2D eigenvalue weighted by molar-refractivity contribution is 0.144. The lowest BCUT2D eigenvalue weighted by Crippen LogP contribution is -2.26. The average Bonchev–Trinajstić information content (AvgIpc) is 3.06. The third kappa shape index (κ3) is 4.03. The second-order valence-electron chi connectivity index (χ2n) is 6.75. The maximum Gasteiger partial charge on any atom is 0.407 e. The van der Waals surface area contributed by atoms with Gasteiger partial charge in [0.25, 0.3) is 0 Å². The monoisotopic (exact) mass is 407 g/mol. The summed E-state index contributed by atoms with van der Waals surface area (Å²) in [6, 6.07) is 21.1. The van der Waals surface area contributed by atoms with Gasteiger partial charge in [0.05, 0.1) is 5.02 Å². The Balaban J connectivity index is 1.34. The molecule has 146 valence electrons. The van der Waals surface area contributed by atoms with E-state index in [1.54, 1.807) is 24.3 Å². The van der Waals surface area contributed by atoms with Crippen LogP contribution in [0.25, 0.3) is 17.2 Å². The summed E-state index contributed by atoms with van der Waals surface area (Å²) in [5.74, 6) is -0.462. The number of hydrogen-bond acceptors (Lipinski definition) is 2. The molecule has 1 amide bonds. The van der Waals surface area contributed by atoms with Crippen molar-refractivity contribution in [1.29, 1.82) is 0 Å². The normalized spacial score (nSPS) is 12.6. The van der Waals surface area contributed by atoms with Crippen LogP contribution in [0.5, 0.6) is 0 Å². The van der Waals surface area contributed by atoms with E-state index in [0.717, 1.165) is 11.1 Å². The fraction of sp³-hybridized carbons (Fsp3) is 0.125. The summed E-state index contributed by atoms with van der Waals surface area (Å²) in [5, 5.41) is 2.72. The first kappa shape index (κ1) is 19.2. The van der Waals surface area contributed by atoms with E-state index < -0.39 is 11.9 Å². The third-order valence-corrected chi connectivity index (χ3v) is 5.28. The van der Waals surface area contributed by atoms with E-state index in [0.29, 0.717) is 5.56 Å². The van der Waals surface area contributed by atoms with Crippen molar-refractivity contribution in [1.82, 2.24) is 5.32 Å². The highest BCUT2D eigenvalue weighted by Crippen LogP contribution is 2.44. The van der Waals surface area contributed by atoms with E-state index in [1.165, 1.54) is 17.2 Å². The number of benzene rings is 3. The number of carbonyl (C=O) groups excluding carboxylic acids is 1. The van der Waals surface area contributed by atoms with Gasteiger partial charge in [-0.3, -0.25) is 0 Å². The average molecular weight is 408 g/mol. The second-order valence-corrected chi connectivity index (χ2v) is 7.16. The molecule has 4 rings (SSSR count). The summed E-state index contributed by atoms with van der Waals surface area (Å²) in [5.41, 5.74) is 5.06. The number of carbonyl (C=O) groups is 1. The van der Waals surface area contributed by atoms with Crippen LogP contribution in [-0.4, -0.2) is 19.2 Å². The standard InChI is InChI=1S/C24H19ClFNO2/c25-22-13-5-7-16(23(22)26)8-6-14-27-24(28)29-15-21-19-11-3-1-9-17(19)18-10-2-4-12-20(18)21/h1-13,21H,14-15H2,(H,27,28). The minimum absolute atomic E-state index is 0.0178. The van der Waals surface area contributed by atoms with Gasteiger partial charge in [0.15, 0.2) is 0 Å². The molecule has 0 fully saturated rings. The van der Waals surface area contributed by atoms with Gasteiger partial charge in [-0.25, -0.2) is 9.18 Å². The Morgan fingerprint density at radius 2 is 1.66 bits per heavy atom. The first-order valence-corrected chi connectivity index (χ1v) is 9.72. The van der Waals surface area contributed by atoms with Crippen LogP contribution < -0.4 is 5.32 Å². The number of amides is 1. The molecule has 0 bridgehead atoms. The van der Waals surface area contributed by atoms with E-state index in [2.05, 4.69) is 29.6 Å². The SMILES string of the molecule is O=C(NCC=Cc1cccc(Cl)c1F)OCC1c2ccccc2-c2ccccc21. The topological polar surface area (TPSA) is 38.3 Å². The summed E-state index contributed by atoms with van der Waals surface area (Å²) in [6.07, 6.45) is 2.71. The molecule has 1 aliphatic carbocycles. The fourth-order valence-electron chi connectivity index (χ4n) is 3.63. The van der Waals surface area contributed by atoms with Crippen molar-refractivity contribution in [3.63, 3.8) is 0 Å². The number of rotatable bonds is 5. The Morgan fingerprint density at radius 3 is 2.34 bits per heavy atom. The molecule has 0 saturated carbocycles. The molecule has 1 aliphatic rings. The Hall–Kier alpha value is -3.11. The van der Waals surface area contributed by atoms with E-state index >= 15 is 0 Å². The summed E-state index contributed by atoms with van der Waals surface area (Å²) in [4.78, 5) is 12.1. The number of halogens is 2. The largest absolute Gasteiger partial charge is 0.449 e. The lowest BCUT2D eigenvalue weighted by Gasteiger charge is -2.14. The quantitative estimate of drug-likeness (QED) is 0.560. The van der Waals surface area contributed by atoms with Gasteiger partial charge >= 0.3 is 6.09 Å². The van der Waals surface area contributed by atoms with Gasteiger partial charge in [0.2, 0.25) is 0 Å². The minimum Gasteiger partial charge on any atom is -0.449 e. The number of fused-ring (bicyclic) bond motifs is 3. The Labute approximate surface area is 173 Å². The third-order valence-electron chi connectivity index (χ3n) is 4.99. The van der Waals surface area contributed by atoms with Crippen molar-refractivity contribution < 1.29 is 13.9 Å². The van der Waals surface area contributed by atoms with Crippen LogP contribution >= 0.6 is 11.6 Å². The highest BCUT2D eigenvalue weighted by Gasteiger charge is 2.28. The molecule has 0 radical (unpaired) electrons. The van der Waals surface area contributed by atoms with E-state index in [-0.39, 0.29) is 24.1 Å². The van der Waals surface area contributed by atoms with Crippen molar-refractivity contribution in [2.24, 2.45) is 0 Å². The van der Waals surface area contributed by atoms with Gasteiger partial charge in [0.1, 0.15) is 12.4 Å². The predicted octanol–water partition coefficient (Wildman–Crippen LogP) is 6.03. The van der Waals surface area contributed by atoms with Gasteiger partial charge in [-0.05, 0) is 28.3 Å². The number of ether oxygens (including phenoxy) is 1. The van der Waals surface area contributed by atoms with Crippen molar-refractivity contribution in [2.45, 2.75) is 5.92 Å². The highest BCUT2D eigenvalue weighted by molar-refractivity contribution is 6.30. The second kappa shape index (κ2) is 8.50. The van der Waals surface area contributed by atoms with Crippen LogP contribution in [0.2, 0.25) is 5.02 Å². The molecule has 29 heavy (non-hydrogen) atoms. The molecule has 5 heteroatoms. The molecule has 0 heterocycles. The molecule has 3 aromatic rings. The van der Waals surface area contributed by atoms with Crippen molar-refractivity contribution in [2.75, 3.05) is 13.2 Å². The number of hydrogen-bond donors (Lipinski definition) is 1. The van der Waals surface area contributed by atoms with Gasteiger partial charge < -0.3 is 10.1 Å². The Kier molecular flexibility index (Phi) is 5.63. The summed E-state index contributed by atoms with van der Waals surface area (Å²) in [6.45, 7) is 0.481. The minimum atomic E-state index is -0.511. The molecule has 0 spiro atoms. The van der Waals surface area contributed by atoms with Crippen molar-refractivity contribution in [3.8, 4) is 11.1 Å². The molecule has 1 N–H and O–H groups in total. The molecule has 0 aromatic heterocycles. The summed E-state index contributed by atoms with van der Waals surface area (Å²) < 4.78 is 19.3. The number of nitrogens with one attached hydrogen (secondary N) is 1. The zero-order chi connectivity index (χ0) is 20.2. The zero-order valence-electron chi connectivity index (χ0n) is 15.6. The Morgan fingerprint density at radius 1 is 1.00 bits per heavy atom. The highest BCUT2D eigenvalue weighted by atomic mass is 35.5. The molecular weight excluding hydrogens is 389 g/mol. The number of alkyl carbamates (subject to hydrolysis) is 1. The van der Waals surface area contributed by atoms with Gasteiger partial charge in [-0.15, -0.1) is 0 Å². The van der Waals surface area contributed by atoms with Crippen LogP contribution in [0.15, 0.2) is 72.8 Å². The van der Waals surface area contributed by atoms with Gasteiger partial charge in [0, 0.05) is 18.0 Å². The molecule has 0 atom stereocenters.